The van der Waals surface area contributed by atoms with Gasteiger partial charge in [0, 0.05) is 0 Å². The summed E-state index contributed by atoms with van der Waals surface area (Å²) in [6.07, 6.45) is -0.511. The quantitative estimate of drug-likeness (QED) is 0.579. The Balaban J connectivity index is 2.45. The summed E-state index contributed by atoms with van der Waals surface area (Å²) in [5.74, 6) is -1.54. The van der Waals surface area contributed by atoms with E-state index in [0.29, 0.717) is 11.1 Å². The van der Waals surface area contributed by atoms with Crippen LogP contribution in [0.4, 0.5) is 13.2 Å². The Morgan fingerprint density at radius 2 is 1.85 bits per heavy atom. The number of hydrogen-bond acceptors (Lipinski definition) is 0. The summed E-state index contributed by atoms with van der Waals surface area (Å²) < 4.78 is 37.1. The van der Waals surface area contributed by atoms with Gasteiger partial charge in [-0.05, 0) is 17.2 Å². The summed E-state index contributed by atoms with van der Waals surface area (Å²) in [7, 11) is 0. The van der Waals surface area contributed by atoms with Crippen molar-refractivity contribution in [3.8, 4) is 0 Å². The van der Waals surface area contributed by atoms with Gasteiger partial charge < -0.3 is 0 Å². The second-order valence-corrected chi connectivity index (χ2v) is 2.91. The number of benzene rings is 1. The predicted octanol–water partition coefficient (Wildman–Crippen LogP) is 3.16. The van der Waals surface area contributed by atoms with Gasteiger partial charge in [-0.15, -0.1) is 0 Å². The Hall–Kier alpha value is -1.25. The number of alkyl halides is 3. The van der Waals surface area contributed by atoms with Gasteiger partial charge in [-0.3, -0.25) is 0 Å². The molecule has 1 atom stereocenters. The average molecular weight is 183 g/mol. The van der Waals surface area contributed by atoms with Gasteiger partial charge >= 0.3 is 6.18 Å². The molecular weight excluding hydrogens is 177 g/mol. The SMILES string of the molecule is FC(F)(F)C1[C]=Cc2ccccc21. The highest BCUT2D eigenvalue weighted by Gasteiger charge is 2.41. The van der Waals surface area contributed by atoms with Crippen molar-refractivity contribution in [3.63, 3.8) is 0 Å². The first-order valence-electron chi connectivity index (χ1n) is 3.84. The molecule has 2 rings (SSSR count). The molecule has 1 unspecified atom stereocenters. The second kappa shape index (κ2) is 2.62. The van der Waals surface area contributed by atoms with Crippen LogP contribution in [0.3, 0.4) is 0 Å². The Morgan fingerprint density at radius 3 is 2.54 bits per heavy atom. The third-order valence-electron chi connectivity index (χ3n) is 2.04. The van der Waals surface area contributed by atoms with Crippen LogP contribution in [0.1, 0.15) is 17.0 Å². The van der Waals surface area contributed by atoms with Gasteiger partial charge in [0.25, 0.3) is 0 Å². The number of halogens is 3. The highest BCUT2D eigenvalue weighted by molar-refractivity contribution is 5.60. The van der Waals surface area contributed by atoms with Crippen molar-refractivity contribution in [2.24, 2.45) is 0 Å². The molecule has 0 heterocycles. The van der Waals surface area contributed by atoms with E-state index in [1.54, 1.807) is 18.2 Å². The summed E-state index contributed by atoms with van der Waals surface area (Å²) in [4.78, 5) is 0. The molecule has 0 aromatic heterocycles. The van der Waals surface area contributed by atoms with Gasteiger partial charge in [0.05, 0.1) is 0 Å². The lowest BCUT2D eigenvalue weighted by atomic mass is 10.0. The molecule has 1 radical (unpaired) electrons. The molecule has 0 saturated heterocycles. The summed E-state index contributed by atoms with van der Waals surface area (Å²) in [5, 5.41) is 0. The van der Waals surface area contributed by atoms with E-state index in [0.717, 1.165) is 0 Å². The number of allylic oxidation sites excluding steroid dienone is 1. The molecule has 1 aromatic carbocycles. The smallest absolute Gasteiger partial charge is 0.170 e. The summed E-state index contributed by atoms with van der Waals surface area (Å²) in [5.41, 5.74) is 0.917. The monoisotopic (exact) mass is 183 g/mol. The van der Waals surface area contributed by atoms with Crippen molar-refractivity contribution in [1.82, 2.24) is 0 Å². The highest BCUT2D eigenvalue weighted by Crippen LogP contribution is 2.40. The number of fused-ring (bicyclic) bond motifs is 1. The molecule has 0 N–H and O–H groups in total. The van der Waals surface area contributed by atoms with Gasteiger partial charge in [-0.25, -0.2) is 0 Å². The molecule has 0 saturated carbocycles. The van der Waals surface area contributed by atoms with E-state index in [1.807, 2.05) is 0 Å². The minimum atomic E-state index is -4.22. The van der Waals surface area contributed by atoms with E-state index >= 15 is 0 Å². The first-order chi connectivity index (χ1) is 6.09. The van der Waals surface area contributed by atoms with Crippen LogP contribution in [-0.2, 0) is 0 Å². The summed E-state index contributed by atoms with van der Waals surface area (Å²) in [6, 6.07) is 6.48. The standard InChI is InChI=1S/C10H6F3/c11-10(12,13)9-6-5-7-3-1-2-4-8(7)9/h1-5,9H. The minimum absolute atomic E-state index is 0.301. The lowest BCUT2D eigenvalue weighted by Gasteiger charge is -2.13. The Kier molecular flexibility index (Phi) is 1.68. The Morgan fingerprint density at radius 1 is 1.15 bits per heavy atom. The topological polar surface area (TPSA) is 0 Å². The van der Waals surface area contributed by atoms with E-state index in [4.69, 9.17) is 0 Å². The van der Waals surface area contributed by atoms with Crippen molar-refractivity contribution in [3.05, 3.63) is 41.5 Å². The van der Waals surface area contributed by atoms with Crippen LogP contribution >= 0.6 is 0 Å². The van der Waals surface area contributed by atoms with Crippen molar-refractivity contribution >= 4 is 6.08 Å². The van der Waals surface area contributed by atoms with Gasteiger partial charge in [-0.2, -0.15) is 13.2 Å². The van der Waals surface area contributed by atoms with Crippen molar-refractivity contribution in [2.75, 3.05) is 0 Å². The molecule has 3 heteroatoms. The maximum absolute atomic E-state index is 12.4. The van der Waals surface area contributed by atoms with E-state index in [1.165, 1.54) is 12.1 Å². The fourth-order valence-corrected chi connectivity index (χ4v) is 1.44. The third kappa shape index (κ3) is 1.34. The van der Waals surface area contributed by atoms with Crippen LogP contribution in [0.15, 0.2) is 24.3 Å². The van der Waals surface area contributed by atoms with Crippen LogP contribution in [-0.4, -0.2) is 6.18 Å². The molecule has 0 nitrogen and oxygen atoms in total. The Bertz CT molecular complexity index is 349. The van der Waals surface area contributed by atoms with Crippen molar-refractivity contribution < 1.29 is 13.2 Å². The van der Waals surface area contributed by atoms with Crippen LogP contribution in [0.2, 0.25) is 0 Å². The zero-order valence-electron chi connectivity index (χ0n) is 6.60. The van der Waals surface area contributed by atoms with Crippen LogP contribution in [0.25, 0.3) is 6.08 Å². The summed E-state index contributed by atoms with van der Waals surface area (Å²) >= 11 is 0. The Labute approximate surface area is 73.7 Å². The molecule has 1 aliphatic rings. The normalized spacial score (nSPS) is 20.4. The third-order valence-corrected chi connectivity index (χ3v) is 2.04. The lowest BCUT2D eigenvalue weighted by molar-refractivity contribution is -0.140. The fourth-order valence-electron chi connectivity index (χ4n) is 1.44. The molecule has 0 bridgehead atoms. The lowest BCUT2D eigenvalue weighted by Crippen LogP contribution is -2.17. The van der Waals surface area contributed by atoms with Crippen molar-refractivity contribution in [1.29, 1.82) is 0 Å². The van der Waals surface area contributed by atoms with E-state index in [-0.39, 0.29) is 0 Å². The second-order valence-electron chi connectivity index (χ2n) is 2.91. The molecule has 13 heavy (non-hydrogen) atoms. The molecule has 0 amide bonds. The maximum atomic E-state index is 12.4. The molecule has 67 valence electrons. The van der Waals surface area contributed by atoms with Gasteiger partial charge in [0.1, 0.15) is 5.92 Å². The largest absolute Gasteiger partial charge is 0.399 e. The van der Waals surface area contributed by atoms with Gasteiger partial charge in [0.15, 0.2) is 0 Å². The number of hydrogen-bond donors (Lipinski definition) is 0. The summed E-state index contributed by atoms with van der Waals surface area (Å²) in [6.45, 7) is 0. The van der Waals surface area contributed by atoms with Gasteiger partial charge in [-0.1, -0.05) is 30.3 Å². The van der Waals surface area contributed by atoms with Crippen molar-refractivity contribution in [2.45, 2.75) is 12.1 Å². The van der Waals surface area contributed by atoms with Gasteiger partial charge in [0.2, 0.25) is 0 Å². The van der Waals surface area contributed by atoms with Crippen LogP contribution in [0, 0.1) is 6.08 Å². The molecule has 1 aromatic rings. The molecule has 0 aliphatic heterocycles. The minimum Gasteiger partial charge on any atom is -0.170 e. The molecule has 0 fully saturated rings. The van der Waals surface area contributed by atoms with Crippen LogP contribution < -0.4 is 0 Å². The zero-order chi connectivity index (χ0) is 9.47. The number of rotatable bonds is 0. The fraction of sp³-hybridized carbons (Fsp3) is 0.200. The first kappa shape index (κ1) is 8.35. The zero-order valence-corrected chi connectivity index (χ0v) is 6.60. The molecule has 1 aliphatic carbocycles. The predicted molar refractivity (Wildman–Crippen MR) is 42.9 cm³/mol. The average Bonchev–Trinajstić information content (AvgIpc) is 2.45. The first-order valence-corrected chi connectivity index (χ1v) is 3.84. The van der Waals surface area contributed by atoms with E-state index in [9.17, 15) is 13.2 Å². The van der Waals surface area contributed by atoms with Crippen LogP contribution in [0.5, 0.6) is 0 Å². The molecule has 0 spiro atoms. The van der Waals surface area contributed by atoms with E-state index < -0.39 is 12.1 Å². The highest BCUT2D eigenvalue weighted by atomic mass is 19.4. The molecular formula is C10H6F3. The maximum Gasteiger partial charge on any atom is 0.399 e. The van der Waals surface area contributed by atoms with E-state index in [2.05, 4.69) is 6.08 Å².